The Morgan fingerprint density at radius 2 is 2.08 bits per heavy atom. The van der Waals surface area contributed by atoms with Crippen LogP contribution in [0.5, 0.6) is 0 Å². The number of alkyl halides is 3. The Labute approximate surface area is 65.5 Å². The van der Waals surface area contributed by atoms with Crippen molar-refractivity contribution in [3.63, 3.8) is 0 Å². The Morgan fingerprint density at radius 1 is 1.58 bits per heavy atom. The molecule has 0 aromatic carbocycles. The molecule has 0 heterocycles. The second-order valence-corrected chi connectivity index (χ2v) is 1.88. The van der Waals surface area contributed by atoms with Gasteiger partial charge >= 0.3 is 12.2 Å². The largest absolute Gasteiger partial charge is 0.405 e. The van der Waals surface area contributed by atoms with Crippen LogP contribution in [-0.4, -0.2) is 30.8 Å². The molecule has 70 valence electrons. The van der Waals surface area contributed by atoms with Crippen molar-refractivity contribution in [1.29, 1.82) is 0 Å². The monoisotopic (exact) mass is 185 g/mol. The SMILES string of the molecule is CN(N=O)C(=O)NCC(F)(F)F. The third-order valence-corrected chi connectivity index (χ3v) is 0.856. The molecule has 8 heteroatoms. The Kier molecular flexibility index (Phi) is 3.45. The standard InChI is InChI=1S/C4H6F3N3O2/c1-10(9-12)3(11)8-2-4(5,6)7/h2H2,1H3,(H,8,11). The van der Waals surface area contributed by atoms with Crippen LogP contribution in [0.4, 0.5) is 18.0 Å². The first-order chi connectivity index (χ1) is 5.37. The normalized spacial score (nSPS) is 10.7. The molecule has 0 rings (SSSR count). The van der Waals surface area contributed by atoms with E-state index in [1.807, 2.05) is 0 Å². The minimum Gasteiger partial charge on any atom is -0.327 e. The van der Waals surface area contributed by atoms with E-state index in [-0.39, 0.29) is 5.01 Å². The van der Waals surface area contributed by atoms with Crippen molar-refractivity contribution >= 4 is 6.03 Å². The highest BCUT2D eigenvalue weighted by atomic mass is 19.4. The third kappa shape index (κ3) is 4.47. The molecule has 0 fully saturated rings. The van der Waals surface area contributed by atoms with Gasteiger partial charge in [0.15, 0.2) is 0 Å². The lowest BCUT2D eigenvalue weighted by Crippen LogP contribution is -2.39. The highest BCUT2D eigenvalue weighted by molar-refractivity contribution is 5.73. The predicted molar refractivity (Wildman–Crippen MR) is 33.0 cm³/mol. The Balaban J connectivity index is 3.80. The summed E-state index contributed by atoms with van der Waals surface area (Å²) < 4.78 is 34.3. The summed E-state index contributed by atoms with van der Waals surface area (Å²) in [4.78, 5) is 20.0. The van der Waals surface area contributed by atoms with Crippen LogP contribution in [0.3, 0.4) is 0 Å². The lowest BCUT2D eigenvalue weighted by atomic mass is 10.6. The first kappa shape index (κ1) is 10.7. The number of nitrogens with zero attached hydrogens (tertiary/aromatic N) is 2. The molecule has 0 unspecified atom stereocenters. The van der Waals surface area contributed by atoms with Gasteiger partial charge in [0.05, 0.1) is 5.29 Å². The molecule has 0 aliphatic heterocycles. The van der Waals surface area contributed by atoms with E-state index in [2.05, 4.69) is 5.29 Å². The van der Waals surface area contributed by atoms with Gasteiger partial charge in [-0.1, -0.05) is 0 Å². The fourth-order valence-electron chi connectivity index (χ4n) is 0.327. The van der Waals surface area contributed by atoms with Crippen LogP contribution in [0.15, 0.2) is 5.29 Å². The van der Waals surface area contributed by atoms with Gasteiger partial charge < -0.3 is 5.32 Å². The molecule has 0 radical (unpaired) electrons. The molecule has 0 aromatic rings. The van der Waals surface area contributed by atoms with Crippen LogP contribution in [0.25, 0.3) is 0 Å². The average Bonchev–Trinajstić information content (AvgIpc) is 1.97. The molecular formula is C4H6F3N3O2. The highest BCUT2D eigenvalue weighted by Crippen LogP contribution is 2.12. The molecular weight excluding hydrogens is 179 g/mol. The molecule has 0 aliphatic rings. The summed E-state index contributed by atoms with van der Waals surface area (Å²) in [6.45, 7) is -1.48. The second-order valence-electron chi connectivity index (χ2n) is 1.88. The predicted octanol–water partition coefficient (Wildman–Crippen LogP) is 0.871. The molecule has 5 nitrogen and oxygen atoms in total. The first-order valence-corrected chi connectivity index (χ1v) is 2.78. The minimum absolute atomic E-state index is 0.228. The number of urea groups is 1. The van der Waals surface area contributed by atoms with Crippen LogP contribution in [0.2, 0.25) is 0 Å². The molecule has 0 aromatic heterocycles. The molecule has 0 saturated carbocycles. The molecule has 0 saturated heterocycles. The summed E-state index contributed by atoms with van der Waals surface area (Å²) in [5.41, 5.74) is 0. The Hall–Kier alpha value is -1.34. The van der Waals surface area contributed by atoms with Gasteiger partial charge in [0.25, 0.3) is 0 Å². The van der Waals surface area contributed by atoms with Crippen LogP contribution in [0, 0.1) is 4.91 Å². The van der Waals surface area contributed by atoms with E-state index in [9.17, 15) is 22.9 Å². The van der Waals surface area contributed by atoms with Crippen molar-refractivity contribution in [1.82, 2.24) is 10.3 Å². The number of carbonyl (C=O) groups is 1. The molecule has 0 atom stereocenters. The number of nitrogens with one attached hydrogen (secondary N) is 1. The van der Waals surface area contributed by atoms with Gasteiger partial charge in [-0.3, -0.25) is 0 Å². The number of hydrogen-bond acceptors (Lipinski definition) is 3. The quantitative estimate of drug-likeness (QED) is 0.512. The van der Waals surface area contributed by atoms with E-state index in [4.69, 9.17) is 0 Å². The van der Waals surface area contributed by atoms with Gasteiger partial charge in [0, 0.05) is 7.05 Å². The first-order valence-electron chi connectivity index (χ1n) is 2.78. The maximum absolute atomic E-state index is 11.4. The number of hydrogen-bond donors (Lipinski definition) is 1. The van der Waals surface area contributed by atoms with E-state index in [1.165, 1.54) is 5.32 Å². The number of carbonyl (C=O) groups excluding carboxylic acids is 1. The fourth-order valence-corrected chi connectivity index (χ4v) is 0.327. The average molecular weight is 185 g/mol. The van der Waals surface area contributed by atoms with E-state index in [0.717, 1.165) is 7.05 Å². The molecule has 2 amide bonds. The zero-order valence-corrected chi connectivity index (χ0v) is 6.05. The number of halogens is 3. The van der Waals surface area contributed by atoms with Crippen LogP contribution < -0.4 is 5.32 Å². The van der Waals surface area contributed by atoms with Crippen molar-refractivity contribution in [2.24, 2.45) is 5.29 Å². The van der Waals surface area contributed by atoms with Crippen molar-refractivity contribution in [2.75, 3.05) is 13.6 Å². The van der Waals surface area contributed by atoms with E-state index >= 15 is 0 Å². The summed E-state index contributed by atoms with van der Waals surface area (Å²) >= 11 is 0. The zero-order chi connectivity index (χ0) is 9.78. The van der Waals surface area contributed by atoms with Crippen molar-refractivity contribution in [2.45, 2.75) is 6.18 Å². The Morgan fingerprint density at radius 3 is 2.42 bits per heavy atom. The number of rotatable bonds is 2. The molecule has 0 aliphatic carbocycles. The second kappa shape index (κ2) is 3.88. The fraction of sp³-hybridized carbons (Fsp3) is 0.750. The topological polar surface area (TPSA) is 61.8 Å². The summed E-state index contributed by atoms with van der Waals surface area (Å²) in [6, 6.07) is -1.19. The van der Waals surface area contributed by atoms with Gasteiger partial charge in [-0.15, -0.1) is 4.91 Å². The number of nitroso groups, excluding NO2 is 1. The van der Waals surface area contributed by atoms with Gasteiger partial charge in [-0.2, -0.15) is 18.2 Å². The van der Waals surface area contributed by atoms with E-state index < -0.39 is 18.8 Å². The lowest BCUT2D eigenvalue weighted by molar-refractivity contribution is -0.123. The maximum Gasteiger partial charge on any atom is 0.405 e. The van der Waals surface area contributed by atoms with E-state index in [1.54, 1.807) is 0 Å². The molecule has 12 heavy (non-hydrogen) atoms. The lowest BCUT2D eigenvalue weighted by Gasteiger charge is -2.10. The third-order valence-electron chi connectivity index (χ3n) is 0.856. The van der Waals surface area contributed by atoms with Crippen LogP contribution in [0.1, 0.15) is 0 Å². The maximum atomic E-state index is 11.4. The summed E-state index contributed by atoms with van der Waals surface area (Å²) in [6.07, 6.45) is -4.49. The van der Waals surface area contributed by atoms with Crippen LogP contribution in [-0.2, 0) is 0 Å². The molecule has 0 spiro atoms. The number of amides is 2. The smallest absolute Gasteiger partial charge is 0.327 e. The van der Waals surface area contributed by atoms with Gasteiger partial charge in [0.1, 0.15) is 6.54 Å². The van der Waals surface area contributed by atoms with Crippen molar-refractivity contribution in [3.8, 4) is 0 Å². The Bertz CT molecular complexity index is 181. The summed E-state index contributed by atoms with van der Waals surface area (Å²) in [5.74, 6) is 0. The van der Waals surface area contributed by atoms with E-state index in [0.29, 0.717) is 0 Å². The molecule has 1 N–H and O–H groups in total. The van der Waals surface area contributed by atoms with Gasteiger partial charge in [-0.05, 0) is 0 Å². The minimum atomic E-state index is -4.49. The molecule has 0 bridgehead atoms. The highest BCUT2D eigenvalue weighted by Gasteiger charge is 2.28. The van der Waals surface area contributed by atoms with Crippen LogP contribution >= 0.6 is 0 Å². The van der Waals surface area contributed by atoms with Crippen molar-refractivity contribution in [3.05, 3.63) is 4.91 Å². The summed E-state index contributed by atoms with van der Waals surface area (Å²) in [7, 11) is 0.943. The summed E-state index contributed by atoms with van der Waals surface area (Å²) in [5, 5.41) is 3.76. The van der Waals surface area contributed by atoms with Gasteiger partial charge in [-0.25, -0.2) is 4.79 Å². The van der Waals surface area contributed by atoms with Crippen molar-refractivity contribution < 1.29 is 18.0 Å². The zero-order valence-electron chi connectivity index (χ0n) is 6.05. The van der Waals surface area contributed by atoms with Gasteiger partial charge in [0.2, 0.25) is 0 Å².